The zero-order valence-corrected chi connectivity index (χ0v) is 10.5. The van der Waals surface area contributed by atoms with Crippen molar-refractivity contribution in [3.8, 4) is 0 Å². The summed E-state index contributed by atoms with van der Waals surface area (Å²) >= 11 is 3.64. The van der Waals surface area contributed by atoms with Gasteiger partial charge in [0, 0.05) is 11.9 Å². The number of aromatic nitrogens is 1. The van der Waals surface area contributed by atoms with Crippen molar-refractivity contribution in [2.24, 2.45) is 0 Å². The number of nitrogens with zero attached hydrogens (tertiary/aromatic N) is 1. The maximum atomic E-state index is 4.40. The lowest BCUT2D eigenvalue weighted by molar-refractivity contribution is 0.637. The lowest BCUT2D eigenvalue weighted by atomic mass is 10.3. The third kappa shape index (κ3) is 4.98. The van der Waals surface area contributed by atoms with Crippen LogP contribution in [0.1, 0.15) is 23.5 Å². The minimum absolute atomic E-state index is 0.920. The summed E-state index contributed by atoms with van der Waals surface area (Å²) in [6.07, 6.45) is 4.74. The van der Waals surface area contributed by atoms with Gasteiger partial charge in [0.05, 0.1) is 10.7 Å². The van der Waals surface area contributed by atoms with Crippen LogP contribution < -0.4 is 5.32 Å². The third-order valence-electron chi connectivity index (χ3n) is 1.92. The Morgan fingerprint density at radius 2 is 2.36 bits per heavy atom. The van der Waals surface area contributed by atoms with Gasteiger partial charge in [-0.25, -0.2) is 4.98 Å². The highest BCUT2D eigenvalue weighted by atomic mass is 32.2. The van der Waals surface area contributed by atoms with Crippen molar-refractivity contribution < 1.29 is 0 Å². The molecule has 1 rings (SSSR count). The summed E-state index contributed by atoms with van der Waals surface area (Å²) in [7, 11) is 0. The highest BCUT2D eigenvalue weighted by Crippen LogP contribution is 2.07. The molecule has 0 spiro atoms. The zero-order valence-electron chi connectivity index (χ0n) is 8.88. The normalized spacial score (nSPS) is 10.7. The number of rotatable bonds is 7. The lowest BCUT2D eigenvalue weighted by Crippen LogP contribution is -2.15. The molecule has 0 radical (unpaired) electrons. The van der Waals surface area contributed by atoms with Gasteiger partial charge >= 0.3 is 0 Å². The number of thioether (sulfide) groups is 1. The van der Waals surface area contributed by atoms with E-state index in [4.69, 9.17) is 0 Å². The highest BCUT2D eigenvalue weighted by Gasteiger charge is 1.96. The first-order valence-corrected chi connectivity index (χ1v) is 7.21. The van der Waals surface area contributed by atoms with Crippen molar-refractivity contribution in [3.63, 3.8) is 0 Å². The molecule has 80 valence electrons. The fourth-order valence-corrected chi connectivity index (χ4v) is 2.31. The molecule has 0 saturated heterocycles. The van der Waals surface area contributed by atoms with E-state index in [9.17, 15) is 0 Å². The van der Waals surface area contributed by atoms with Crippen molar-refractivity contribution in [2.75, 3.05) is 18.6 Å². The second-order valence-corrected chi connectivity index (χ2v) is 5.28. The Kier molecular flexibility index (Phi) is 6.23. The number of unbranched alkanes of at least 4 members (excludes halogenated alkanes) is 1. The van der Waals surface area contributed by atoms with Gasteiger partial charge in [0.25, 0.3) is 0 Å². The van der Waals surface area contributed by atoms with Crippen LogP contribution in [-0.4, -0.2) is 23.5 Å². The molecular formula is C10H18N2S2. The van der Waals surface area contributed by atoms with Crippen molar-refractivity contribution in [1.29, 1.82) is 0 Å². The maximum absolute atomic E-state index is 4.40. The molecule has 0 aliphatic carbocycles. The van der Waals surface area contributed by atoms with E-state index in [1.807, 2.05) is 18.7 Å². The number of thiazole rings is 1. The maximum Gasteiger partial charge on any atom is 0.0897 e. The molecule has 0 fully saturated rings. The van der Waals surface area contributed by atoms with Gasteiger partial charge < -0.3 is 5.32 Å². The summed E-state index contributed by atoms with van der Waals surface area (Å²) in [5, 5.41) is 6.69. The summed E-state index contributed by atoms with van der Waals surface area (Å²) in [4.78, 5) is 4.40. The number of hydrogen-bond donors (Lipinski definition) is 1. The molecule has 0 amide bonds. The molecule has 0 unspecified atom stereocenters. The second-order valence-electron chi connectivity index (χ2n) is 3.23. The van der Waals surface area contributed by atoms with Crippen molar-refractivity contribution >= 4 is 23.1 Å². The first kappa shape index (κ1) is 12.0. The topological polar surface area (TPSA) is 24.9 Å². The van der Waals surface area contributed by atoms with Crippen LogP contribution in [0.3, 0.4) is 0 Å². The Labute approximate surface area is 94.5 Å². The van der Waals surface area contributed by atoms with Gasteiger partial charge in [-0.05, 0) is 38.3 Å². The average Bonchev–Trinajstić information content (AvgIpc) is 2.58. The molecule has 0 atom stereocenters. The van der Waals surface area contributed by atoms with Crippen LogP contribution in [0.5, 0.6) is 0 Å². The largest absolute Gasteiger partial charge is 0.311 e. The van der Waals surface area contributed by atoms with Crippen molar-refractivity contribution in [2.45, 2.75) is 26.3 Å². The molecule has 0 aromatic carbocycles. The molecule has 1 aromatic heterocycles. The van der Waals surface area contributed by atoms with E-state index >= 15 is 0 Å². The summed E-state index contributed by atoms with van der Waals surface area (Å²) in [5.41, 5.74) is 1.18. The third-order valence-corrected chi connectivity index (χ3v) is 3.44. The van der Waals surface area contributed by atoms with E-state index in [1.165, 1.54) is 24.3 Å². The standard InChI is InChI=1S/C10H18N2S2/c1-9-12-10(8-14-9)7-11-5-3-4-6-13-2/h8,11H,3-7H2,1-2H3. The number of hydrogen-bond acceptors (Lipinski definition) is 4. The molecule has 2 nitrogen and oxygen atoms in total. The minimum Gasteiger partial charge on any atom is -0.311 e. The summed E-state index contributed by atoms with van der Waals surface area (Å²) in [6, 6.07) is 0. The molecule has 14 heavy (non-hydrogen) atoms. The Morgan fingerprint density at radius 1 is 1.50 bits per heavy atom. The van der Waals surface area contributed by atoms with Gasteiger partial charge in [0.15, 0.2) is 0 Å². The fourth-order valence-electron chi connectivity index (χ4n) is 1.20. The fraction of sp³-hybridized carbons (Fsp3) is 0.700. The van der Waals surface area contributed by atoms with E-state index in [0.717, 1.165) is 18.1 Å². The molecule has 0 saturated carbocycles. The van der Waals surface area contributed by atoms with Crippen LogP contribution in [0.15, 0.2) is 5.38 Å². The van der Waals surface area contributed by atoms with Gasteiger partial charge in [0.1, 0.15) is 0 Å². The first-order valence-electron chi connectivity index (χ1n) is 4.93. The van der Waals surface area contributed by atoms with Crippen LogP contribution >= 0.6 is 23.1 Å². The predicted molar refractivity (Wildman–Crippen MR) is 66.2 cm³/mol. The van der Waals surface area contributed by atoms with Crippen LogP contribution in [0, 0.1) is 6.92 Å². The predicted octanol–water partition coefficient (Wildman–Crippen LogP) is 2.68. The highest BCUT2D eigenvalue weighted by molar-refractivity contribution is 7.98. The van der Waals surface area contributed by atoms with Crippen LogP contribution in [0.25, 0.3) is 0 Å². The summed E-state index contributed by atoms with van der Waals surface area (Å²) in [5.74, 6) is 1.28. The van der Waals surface area contributed by atoms with Gasteiger partial charge in [-0.1, -0.05) is 0 Å². The lowest BCUT2D eigenvalue weighted by Gasteiger charge is -2.01. The Hall–Kier alpha value is -0.0600. The summed E-state index contributed by atoms with van der Waals surface area (Å²) < 4.78 is 0. The zero-order chi connectivity index (χ0) is 10.2. The second kappa shape index (κ2) is 7.26. The molecule has 1 aromatic rings. The molecule has 0 aliphatic rings. The van der Waals surface area contributed by atoms with Gasteiger partial charge in [-0.2, -0.15) is 11.8 Å². The summed E-state index contributed by atoms with van der Waals surface area (Å²) in [6.45, 7) is 4.08. The van der Waals surface area contributed by atoms with Gasteiger partial charge in [-0.3, -0.25) is 0 Å². The number of nitrogens with one attached hydrogen (secondary N) is 1. The monoisotopic (exact) mass is 230 g/mol. The minimum atomic E-state index is 0.920. The molecule has 0 bridgehead atoms. The SMILES string of the molecule is CSCCCCNCc1csc(C)n1. The molecule has 1 N–H and O–H groups in total. The van der Waals surface area contributed by atoms with Crippen LogP contribution in [-0.2, 0) is 6.54 Å². The van der Waals surface area contributed by atoms with E-state index in [0.29, 0.717) is 0 Å². The molecule has 1 heterocycles. The quantitative estimate of drug-likeness (QED) is 0.729. The van der Waals surface area contributed by atoms with E-state index in [2.05, 4.69) is 21.9 Å². The Bertz CT molecular complexity index is 248. The average molecular weight is 230 g/mol. The van der Waals surface area contributed by atoms with Gasteiger partial charge in [0.2, 0.25) is 0 Å². The van der Waals surface area contributed by atoms with E-state index in [1.54, 1.807) is 11.3 Å². The van der Waals surface area contributed by atoms with Crippen LogP contribution in [0.4, 0.5) is 0 Å². The Morgan fingerprint density at radius 3 is 3.00 bits per heavy atom. The molecule has 0 aliphatic heterocycles. The van der Waals surface area contributed by atoms with Crippen molar-refractivity contribution in [3.05, 3.63) is 16.1 Å². The van der Waals surface area contributed by atoms with E-state index < -0.39 is 0 Å². The number of aryl methyl sites for hydroxylation is 1. The molecule has 4 heteroatoms. The molecular weight excluding hydrogens is 212 g/mol. The van der Waals surface area contributed by atoms with Gasteiger partial charge in [-0.15, -0.1) is 11.3 Å². The van der Waals surface area contributed by atoms with Crippen LogP contribution in [0.2, 0.25) is 0 Å². The smallest absolute Gasteiger partial charge is 0.0897 e. The van der Waals surface area contributed by atoms with E-state index in [-0.39, 0.29) is 0 Å². The first-order chi connectivity index (χ1) is 6.83. The van der Waals surface area contributed by atoms with Crippen molar-refractivity contribution in [1.82, 2.24) is 10.3 Å². The Balaban J connectivity index is 1.99.